The lowest BCUT2D eigenvalue weighted by atomic mass is 10.1. The van der Waals surface area contributed by atoms with E-state index in [0.29, 0.717) is 0 Å². The van der Waals surface area contributed by atoms with E-state index in [-0.39, 0.29) is 0 Å². The Kier molecular flexibility index (Phi) is 7.36. The fraction of sp³-hybridized carbons (Fsp3) is 0.846. The number of unbranched alkanes of at least 4 members (excludes halogenated alkanes) is 5. The normalized spacial score (nSPS) is 17.5. The maximum absolute atomic E-state index is 5.30. The van der Waals surface area contributed by atoms with Gasteiger partial charge in [-0.2, -0.15) is 0 Å². The second kappa shape index (κ2) is 8.78. The number of hydrogen-bond donors (Lipinski definition) is 0. The van der Waals surface area contributed by atoms with Crippen molar-refractivity contribution in [2.45, 2.75) is 45.4 Å². The van der Waals surface area contributed by atoms with Gasteiger partial charge < -0.3 is 9.64 Å². The Morgan fingerprint density at radius 1 is 1.07 bits per heavy atom. The lowest BCUT2D eigenvalue weighted by molar-refractivity contribution is 0.0593. The van der Waals surface area contributed by atoms with E-state index in [2.05, 4.69) is 24.1 Å². The molecule has 0 bridgehead atoms. The molecule has 0 aromatic rings. The summed E-state index contributed by atoms with van der Waals surface area (Å²) in [6.45, 7) is 6.17. The summed E-state index contributed by atoms with van der Waals surface area (Å²) in [4.78, 5) is 2.36. The van der Waals surface area contributed by atoms with E-state index in [0.717, 1.165) is 26.3 Å². The molecule has 1 aliphatic rings. The highest BCUT2D eigenvalue weighted by Crippen LogP contribution is 2.06. The zero-order valence-corrected chi connectivity index (χ0v) is 10.1. The van der Waals surface area contributed by atoms with Gasteiger partial charge in [-0.3, -0.25) is 0 Å². The summed E-state index contributed by atoms with van der Waals surface area (Å²) in [5.74, 6) is 0. The van der Waals surface area contributed by atoms with Crippen molar-refractivity contribution in [3.05, 3.63) is 12.3 Å². The van der Waals surface area contributed by atoms with Gasteiger partial charge in [0, 0.05) is 13.1 Å². The molecule has 1 saturated heterocycles. The van der Waals surface area contributed by atoms with E-state index >= 15 is 0 Å². The Balaban J connectivity index is 1.91. The highest BCUT2D eigenvalue weighted by Gasteiger charge is 2.04. The summed E-state index contributed by atoms with van der Waals surface area (Å²) < 4.78 is 5.30. The highest BCUT2D eigenvalue weighted by atomic mass is 16.5. The van der Waals surface area contributed by atoms with Crippen LogP contribution in [0.25, 0.3) is 0 Å². The van der Waals surface area contributed by atoms with Crippen LogP contribution in [0, 0.1) is 0 Å². The van der Waals surface area contributed by atoms with Crippen LogP contribution in [0.3, 0.4) is 0 Å². The zero-order chi connectivity index (χ0) is 10.8. The fourth-order valence-electron chi connectivity index (χ4n) is 1.82. The van der Waals surface area contributed by atoms with Crippen LogP contribution in [0.2, 0.25) is 0 Å². The molecule has 88 valence electrons. The van der Waals surface area contributed by atoms with Crippen LogP contribution in [0.15, 0.2) is 12.3 Å². The molecule has 0 atom stereocenters. The Bertz CT molecular complexity index is 162. The predicted molar refractivity (Wildman–Crippen MR) is 64.9 cm³/mol. The molecule has 0 amide bonds. The monoisotopic (exact) mass is 211 g/mol. The maximum atomic E-state index is 5.30. The second-order valence-corrected chi connectivity index (χ2v) is 4.24. The predicted octanol–water partition coefficient (Wildman–Crippen LogP) is 3.19. The SMILES string of the molecule is CCCCCCCC=CN1CCOCC1. The van der Waals surface area contributed by atoms with Crippen LogP contribution >= 0.6 is 0 Å². The molecule has 0 aliphatic carbocycles. The lowest BCUT2D eigenvalue weighted by Gasteiger charge is -2.24. The number of ether oxygens (including phenoxy) is 1. The first-order valence-corrected chi connectivity index (χ1v) is 6.42. The fourth-order valence-corrected chi connectivity index (χ4v) is 1.82. The van der Waals surface area contributed by atoms with Crippen molar-refractivity contribution in [3.8, 4) is 0 Å². The molecule has 0 saturated carbocycles. The van der Waals surface area contributed by atoms with E-state index < -0.39 is 0 Å². The summed E-state index contributed by atoms with van der Waals surface area (Å²) >= 11 is 0. The second-order valence-electron chi connectivity index (χ2n) is 4.24. The van der Waals surface area contributed by atoms with Crippen molar-refractivity contribution in [2.24, 2.45) is 0 Å². The van der Waals surface area contributed by atoms with Crippen LogP contribution in [-0.2, 0) is 4.74 Å². The van der Waals surface area contributed by atoms with Gasteiger partial charge in [0.15, 0.2) is 0 Å². The third-order valence-electron chi connectivity index (χ3n) is 2.84. The van der Waals surface area contributed by atoms with Crippen LogP contribution in [0.5, 0.6) is 0 Å². The molecule has 0 radical (unpaired) electrons. The smallest absolute Gasteiger partial charge is 0.0642 e. The van der Waals surface area contributed by atoms with E-state index in [9.17, 15) is 0 Å². The summed E-state index contributed by atoms with van der Waals surface area (Å²) in [5.41, 5.74) is 0. The Hall–Kier alpha value is -0.500. The molecule has 0 N–H and O–H groups in total. The minimum atomic E-state index is 0.890. The van der Waals surface area contributed by atoms with E-state index in [1.54, 1.807) is 0 Å². The average molecular weight is 211 g/mol. The van der Waals surface area contributed by atoms with Gasteiger partial charge in [0.1, 0.15) is 0 Å². The molecule has 1 rings (SSSR count). The Morgan fingerprint density at radius 2 is 1.80 bits per heavy atom. The summed E-state index contributed by atoms with van der Waals surface area (Å²) in [5, 5.41) is 0. The molecular formula is C13H25NO. The van der Waals surface area contributed by atoms with Crippen molar-refractivity contribution in [2.75, 3.05) is 26.3 Å². The van der Waals surface area contributed by atoms with E-state index in [1.165, 1.54) is 38.5 Å². The van der Waals surface area contributed by atoms with E-state index in [1.807, 2.05) is 0 Å². The minimum Gasteiger partial charge on any atom is -0.378 e. The van der Waals surface area contributed by atoms with E-state index in [4.69, 9.17) is 4.74 Å². The Labute approximate surface area is 94.3 Å². The van der Waals surface area contributed by atoms with Crippen LogP contribution < -0.4 is 0 Å². The van der Waals surface area contributed by atoms with Crippen molar-refractivity contribution >= 4 is 0 Å². The first kappa shape index (κ1) is 12.6. The topological polar surface area (TPSA) is 12.5 Å². The molecule has 2 nitrogen and oxygen atoms in total. The molecule has 1 aliphatic heterocycles. The number of hydrogen-bond acceptors (Lipinski definition) is 2. The Morgan fingerprint density at radius 3 is 2.53 bits per heavy atom. The van der Waals surface area contributed by atoms with Gasteiger partial charge in [-0.05, 0) is 19.0 Å². The number of nitrogens with zero attached hydrogens (tertiary/aromatic N) is 1. The largest absolute Gasteiger partial charge is 0.378 e. The highest BCUT2D eigenvalue weighted by molar-refractivity contribution is 4.83. The molecular weight excluding hydrogens is 186 g/mol. The van der Waals surface area contributed by atoms with Crippen molar-refractivity contribution in [3.63, 3.8) is 0 Å². The van der Waals surface area contributed by atoms with Crippen LogP contribution in [0.4, 0.5) is 0 Å². The van der Waals surface area contributed by atoms with Gasteiger partial charge in [0.2, 0.25) is 0 Å². The quantitative estimate of drug-likeness (QED) is 0.600. The summed E-state index contributed by atoms with van der Waals surface area (Å²) in [6, 6.07) is 0. The first-order chi connectivity index (χ1) is 7.43. The molecule has 0 unspecified atom stereocenters. The third kappa shape index (κ3) is 6.56. The number of morpholine rings is 1. The first-order valence-electron chi connectivity index (χ1n) is 6.42. The maximum Gasteiger partial charge on any atom is 0.0642 e. The lowest BCUT2D eigenvalue weighted by Crippen LogP contribution is -2.31. The zero-order valence-electron chi connectivity index (χ0n) is 10.1. The molecule has 1 heterocycles. The van der Waals surface area contributed by atoms with Crippen molar-refractivity contribution in [1.29, 1.82) is 0 Å². The van der Waals surface area contributed by atoms with Crippen LogP contribution in [0.1, 0.15) is 45.4 Å². The minimum absolute atomic E-state index is 0.890. The molecule has 15 heavy (non-hydrogen) atoms. The van der Waals surface area contributed by atoms with Crippen LogP contribution in [-0.4, -0.2) is 31.2 Å². The molecule has 0 spiro atoms. The third-order valence-corrected chi connectivity index (χ3v) is 2.84. The van der Waals surface area contributed by atoms with Crippen molar-refractivity contribution in [1.82, 2.24) is 4.90 Å². The van der Waals surface area contributed by atoms with Gasteiger partial charge in [-0.1, -0.05) is 38.7 Å². The number of allylic oxidation sites excluding steroid dienone is 1. The van der Waals surface area contributed by atoms with Gasteiger partial charge >= 0.3 is 0 Å². The van der Waals surface area contributed by atoms with Gasteiger partial charge in [0.05, 0.1) is 13.2 Å². The van der Waals surface area contributed by atoms with Crippen molar-refractivity contribution < 1.29 is 4.74 Å². The number of rotatable bonds is 7. The molecule has 1 fully saturated rings. The summed E-state index contributed by atoms with van der Waals surface area (Å²) in [6.07, 6.45) is 12.7. The molecule has 0 aromatic heterocycles. The van der Waals surface area contributed by atoms with Gasteiger partial charge in [0.25, 0.3) is 0 Å². The molecule has 2 heteroatoms. The average Bonchev–Trinajstić information content (AvgIpc) is 2.29. The summed E-state index contributed by atoms with van der Waals surface area (Å²) in [7, 11) is 0. The van der Waals surface area contributed by atoms with Gasteiger partial charge in [-0.25, -0.2) is 0 Å². The molecule has 0 aromatic carbocycles. The standard InChI is InChI=1S/C13H25NO/c1-2-3-4-5-6-7-8-9-14-10-12-15-13-11-14/h8-9H,2-7,10-13H2,1H3. The van der Waals surface area contributed by atoms with Gasteiger partial charge in [-0.15, -0.1) is 0 Å².